The maximum absolute atomic E-state index is 4.59. The first kappa shape index (κ1) is 13.6. The Kier molecular flexibility index (Phi) is 3.31. The van der Waals surface area contributed by atoms with E-state index in [2.05, 4.69) is 43.1 Å². The van der Waals surface area contributed by atoms with Crippen molar-refractivity contribution in [2.75, 3.05) is 5.32 Å². The van der Waals surface area contributed by atoms with E-state index >= 15 is 0 Å². The molecule has 0 bridgehead atoms. The normalized spacial score (nSPS) is 11.0. The van der Waals surface area contributed by atoms with Gasteiger partial charge in [-0.05, 0) is 37.3 Å². The van der Waals surface area contributed by atoms with Gasteiger partial charge in [0.2, 0.25) is 0 Å². The molecule has 3 heterocycles. The number of H-pyrrole nitrogens is 1. The summed E-state index contributed by atoms with van der Waals surface area (Å²) in [6, 6.07) is 16.3. The summed E-state index contributed by atoms with van der Waals surface area (Å²) < 4.78 is 2.13. The number of anilines is 1. The second-order valence-corrected chi connectivity index (χ2v) is 5.48. The summed E-state index contributed by atoms with van der Waals surface area (Å²) in [4.78, 5) is 4.59. The average Bonchev–Trinajstić information content (AvgIpc) is 3.21. The molecule has 114 valence electrons. The van der Waals surface area contributed by atoms with E-state index in [9.17, 15) is 0 Å². The van der Waals surface area contributed by atoms with Gasteiger partial charge in [-0.1, -0.05) is 18.2 Å². The summed E-state index contributed by atoms with van der Waals surface area (Å²) in [5, 5.41) is 10.5. The molecular weight excluding hydrogens is 286 g/mol. The maximum Gasteiger partial charge on any atom is 0.137 e. The Hall–Kier alpha value is -3.08. The van der Waals surface area contributed by atoms with Crippen LogP contribution in [0.4, 0.5) is 5.69 Å². The first-order chi connectivity index (χ1) is 11.3. The van der Waals surface area contributed by atoms with Crippen molar-refractivity contribution in [3.05, 3.63) is 72.3 Å². The minimum atomic E-state index is 0.726. The minimum Gasteiger partial charge on any atom is -0.379 e. The van der Waals surface area contributed by atoms with Gasteiger partial charge in [0.25, 0.3) is 0 Å². The molecule has 0 aliphatic rings. The third kappa shape index (κ3) is 2.57. The van der Waals surface area contributed by atoms with E-state index in [0.29, 0.717) is 0 Å². The highest BCUT2D eigenvalue weighted by molar-refractivity contribution is 5.64. The van der Waals surface area contributed by atoms with Crippen LogP contribution in [0.15, 0.2) is 60.9 Å². The predicted molar refractivity (Wildman–Crippen MR) is 91.3 cm³/mol. The molecule has 4 rings (SSSR count). The lowest BCUT2D eigenvalue weighted by Crippen LogP contribution is -2.04. The van der Waals surface area contributed by atoms with Crippen molar-refractivity contribution >= 4 is 11.3 Å². The van der Waals surface area contributed by atoms with E-state index in [-0.39, 0.29) is 0 Å². The van der Waals surface area contributed by atoms with Gasteiger partial charge in [0.1, 0.15) is 5.65 Å². The molecule has 5 heteroatoms. The Labute approximate surface area is 134 Å². The standard InChI is InChI=1S/C18H17N5/c1-13-17(23-10-3-2-7-18(23)21-13)12-19-15-6-4-5-14(11-15)16-8-9-20-22-16/h2-11,19H,12H2,1H3,(H,20,22). The van der Waals surface area contributed by atoms with Gasteiger partial charge in [-0.3, -0.25) is 5.10 Å². The Morgan fingerprint density at radius 1 is 1.13 bits per heavy atom. The van der Waals surface area contributed by atoms with Crippen molar-refractivity contribution in [3.63, 3.8) is 0 Å². The number of nitrogens with zero attached hydrogens (tertiary/aromatic N) is 3. The molecule has 0 unspecified atom stereocenters. The molecule has 3 aromatic heterocycles. The SMILES string of the molecule is Cc1nc2ccccn2c1CNc1cccc(-c2ccn[nH]2)c1. The molecule has 0 aliphatic carbocycles. The molecule has 5 nitrogen and oxygen atoms in total. The largest absolute Gasteiger partial charge is 0.379 e. The van der Waals surface area contributed by atoms with Crippen LogP contribution < -0.4 is 5.32 Å². The summed E-state index contributed by atoms with van der Waals surface area (Å²) in [6.45, 7) is 2.77. The quantitative estimate of drug-likeness (QED) is 0.605. The second-order valence-electron chi connectivity index (χ2n) is 5.48. The summed E-state index contributed by atoms with van der Waals surface area (Å²) in [6.07, 6.45) is 3.81. The van der Waals surface area contributed by atoms with Crippen molar-refractivity contribution in [2.24, 2.45) is 0 Å². The van der Waals surface area contributed by atoms with Crippen LogP contribution in [-0.2, 0) is 6.54 Å². The zero-order valence-corrected chi connectivity index (χ0v) is 12.8. The summed E-state index contributed by atoms with van der Waals surface area (Å²) in [5.74, 6) is 0. The predicted octanol–water partition coefficient (Wildman–Crippen LogP) is 3.64. The van der Waals surface area contributed by atoms with E-state index in [1.54, 1.807) is 6.20 Å². The van der Waals surface area contributed by atoms with Gasteiger partial charge in [-0.25, -0.2) is 4.98 Å². The van der Waals surface area contributed by atoms with E-state index in [4.69, 9.17) is 0 Å². The molecule has 4 aromatic rings. The van der Waals surface area contributed by atoms with Crippen LogP contribution in [0, 0.1) is 6.92 Å². The summed E-state index contributed by atoms with van der Waals surface area (Å²) in [7, 11) is 0. The molecular formula is C18H17N5. The van der Waals surface area contributed by atoms with Crippen LogP contribution in [0.1, 0.15) is 11.4 Å². The number of pyridine rings is 1. The molecule has 0 atom stereocenters. The van der Waals surface area contributed by atoms with Gasteiger partial charge in [-0.2, -0.15) is 5.10 Å². The molecule has 0 amide bonds. The van der Waals surface area contributed by atoms with Crippen LogP contribution in [0.25, 0.3) is 16.9 Å². The lowest BCUT2D eigenvalue weighted by atomic mass is 10.1. The van der Waals surface area contributed by atoms with Crippen molar-refractivity contribution in [3.8, 4) is 11.3 Å². The van der Waals surface area contributed by atoms with E-state index in [1.807, 2.05) is 43.5 Å². The number of rotatable bonds is 4. The lowest BCUT2D eigenvalue weighted by Gasteiger charge is -2.09. The van der Waals surface area contributed by atoms with Crippen molar-refractivity contribution < 1.29 is 0 Å². The highest BCUT2D eigenvalue weighted by Gasteiger charge is 2.08. The van der Waals surface area contributed by atoms with Crippen LogP contribution in [0.5, 0.6) is 0 Å². The van der Waals surface area contributed by atoms with Gasteiger partial charge < -0.3 is 9.72 Å². The van der Waals surface area contributed by atoms with E-state index in [0.717, 1.165) is 34.8 Å². The molecule has 1 aromatic carbocycles. The number of hydrogen-bond acceptors (Lipinski definition) is 3. The number of fused-ring (bicyclic) bond motifs is 1. The highest BCUT2D eigenvalue weighted by Crippen LogP contribution is 2.21. The van der Waals surface area contributed by atoms with Gasteiger partial charge in [-0.15, -0.1) is 0 Å². The molecule has 0 saturated carbocycles. The van der Waals surface area contributed by atoms with Gasteiger partial charge >= 0.3 is 0 Å². The molecule has 0 radical (unpaired) electrons. The van der Waals surface area contributed by atoms with Gasteiger partial charge in [0.15, 0.2) is 0 Å². The fourth-order valence-corrected chi connectivity index (χ4v) is 2.78. The number of benzene rings is 1. The maximum atomic E-state index is 4.59. The number of imidazole rings is 1. The van der Waals surface area contributed by atoms with Gasteiger partial charge in [0, 0.05) is 23.6 Å². The minimum absolute atomic E-state index is 0.726. The zero-order chi connectivity index (χ0) is 15.6. The van der Waals surface area contributed by atoms with Crippen molar-refractivity contribution in [1.29, 1.82) is 0 Å². The van der Waals surface area contributed by atoms with Crippen LogP contribution in [-0.4, -0.2) is 19.6 Å². The zero-order valence-electron chi connectivity index (χ0n) is 12.8. The van der Waals surface area contributed by atoms with Crippen LogP contribution >= 0.6 is 0 Å². The number of aryl methyl sites for hydroxylation is 1. The first-order valence-electron chi connectivity index (χ1n) is 7.57. The Balaban J connectivity index is 1.59. The average molecular weight is 303 g/mol. The summed E-state index contributed by atoms with van der Waals surface area (Å²) in [5.41, 5.74) is 6.40. The third-order valence-corrected chi connectivity index (χ3v) is 3.96. The third-order valence-electron chi connectivity index (χ3n) is 3.96. The smallest absolute Gasteiger partial charge is 0.137 e. The fraction of sp³-hybridized carbons (Fsp3) is 0.111. The number of nitrogens with one attached hydrogen (secondary N) is 2. The molecule has 2 N–H and O–H groups in total. The Bertz CT molecular complexity index is 937. The fourth-order valence-electron chi connectivity index (χ4n) is 2.78. The molecule has 0 spiro atoms. The topological polar surface area (TPSA) is 58.0 Å². The van der Waals surface area contributed by atoms with Crippen LogP contribution in [0.2, 0.25) is 0 Å². The Morgan fingerprint density at radius 3 is 2.96 bits per heavy atom. The van der Waals surface area contributed by atoms with E-state index < -0.39 is 0 Å². The monoisotopic (exact) mass is 303 g/mol. The van der Waals surface area contributed by atoms with Gasteiger partial charge in [0.05, 0.1) is 23.6 Å². The summed E-state index contributed by atoms with van der Waals surface area (Å²) >= 11 is 0. The number of aromatic amines is 1. The van der Waals surface area contributed by atoms with Crippen molar-refractivity contribution in [2.45, 2.75) is 13.5 Å². The lowest BCUT2D eigenvalue weighted by molar-refractivity contribution is 0.987. The van der Waals surface area contributed by atoms with E-state index in [1.165, 1.54) is 5.69 Å². The van der Waals surface area contributed by atoms with Crippen molar-refractivity contribution in [1.82, 2.24) is 19.6 Å². The van der Waals surface area contributed by atoms with Crippen LogP contribution in [0.3, 0.4) is 0 Å². The Morgan fingerprint density at radius 2 is 2.09 bits per heavy atom. The number of aromatic nitrogens is 4. The first-order valence-corrected chi connectivity index (χ1v) is 7.57. The molecule has 0 saturated heterocycles. The number of hydrogen-bond donors (Lipinski definition) is 2. The molecule has 0 aliphatic heterocycles. The highest BCUT2D eigenvalue weighted by atomic mass is 15.1. The molecule has 23 heavy (non-hydrogen) atoms. The second kappa shape index (κ2) is 5.61. The molecule has 0 fully saturated rings.